The average molecular weight is 251 g/mol. The van der Waals surface area contributed by atoms with Crippen LogP contribution in [0.3, 0.4) is 0 Å². The highest BCUT2D eigenvalue weighted by atomic mass is 32.1. The summed E-state index contributed by atoms with van der Waals surface area (Å²) in [6.07, 6.45) is 3.11. The summed E-state index contributed by atoms with van der Waals surface area (Å²) >= 11 is 1.76. The molecule has 0 aliphatic carbocycles. The molecule has 0 radical (unpaired) electrons. The SMILES string of the molecule is CC#CCCC(NCCC)c1sccc1OC. The summed E-state index contributed by atoms with van der Waals surface area (Å²) in [5.41, 5.74) is 0. The Balaban J connectivity index is 2.69. The molecule has 0 fully saturated rings. The van der Waals surface area contributed by atoms with E-state index in [4.69, 9.17) is 4.74 Å². The Labute approximate surface area is 108 Å². The van der Waals surface area contributed by atoms with Gasteiger partial charge < -0.3 is 10.1 Å². The highest BCUT2D eigenvalue weighted by Gasteiger charge is 2.16. The molecule has 1 rings (SSSR count). The monoisotopic (exact) mass is 251 g/mol. The Morgan fingerprint density at radius 3 is 3.00 bits per heavy atom. The first-order valence-corrected chi connectivity index (χ1v) is 6.95. The van der Waals surface area contributed by atoms with E-state index in [1.807, 2.05) is 13.0 Å². The summed E-state index contributed by atoms with van der Waals surface area (Å²) in [6, 6.07) is 2.40. The van der Waals surface area contributed by atoms with E-state index in [9.17, 15) is 0 Å². The van der Waals surface area contributed by atoms with Crippen LogP contribution in [0, 0.1) is 11.8 Å². The van der Waals surface area contributed by atoms with Crippen LogP contribution in [-0.2, 0) is 0 Å². The van der Waals surface area contributed by atoms with Crippen molar-refractivity contribution in [2.24, 2.45) is 0 Å². The zero-order chi connectivity index (χ0) is 12.5. The Morgan fingerprint density at radius 2 is 2.35 bits per heavy atom. The van der Waals surface area contributed by atoms with E-state index < -0.39 is 0 Å². The van der Waals surface area contributed by atoms with Crippen LogP contribution in [0.2, 0.25) is 0 Å². The van der Waals surface area contributed by atoms with Crippen molar-refractivity contribution in [1.29, 1.82) is 0 Å². The minimum atomic E-state index is 0.366. The average Bonchev–Trinajstić information content (AvgIpc) is 2.81. The highest BCUT2D eigenvalue weighted by Crippen LogP contribution is 2.33. The topological polar surface area (TPSA) is 21.3 Å². The highest BCUT2D eigenvalue weighted by molar-refractivity contribution is 7.10. The molecule has 1 N–H and O–H groups in total. The van der Waals surface area contributed by atoms with Crippen LogP contribution in [0.5, 0.6) is 5.75 Å². The molecule has 0 aliphatic heterocycles. The van der Waals surface area contributed by atoms with Crippen LogP contribution in [0.15, 0.2) is 11.4 Å². The maximum Gasteiger partial charge on any atom is 0.134 e. The summed E-state index contributed by atoms with van der Waals surface area (Å²) < 4.78 is 5.39. The maximum atomic E-state index is 5.39. The molecule has 1 unspecified atom stereocenters. The van der Waals surface area contributed by atoms with E-state index in [0.717, 1.165) is 31.6 Å². The molecule has 0 saturated heterocycles. The summed E-state index contributed by atoms with van der Waals surface area (Å²) in [6.45, 7) is 5.10. The van der Waals surface area contributed by atoms with Crippen LogP contribution < -0.4 is 10.1 Å². The molecule has 1 aromatic heterocycles. The van der Waals surface area contributed by atoms with Crippen LogP contribution in [0.25, 0.3) is 0 Å². The van der Waals surface area contributed by atoms with Crippen molar-refractivity contribution in [2.75, 3.05) is 13.7 Å². The molecule has 0 bridgehead atoms. The zero-order valence-electron chi connectivity index (χ0n) is 10.9. The second kappa shape index (κ2) is 8.16. The Hall–Kier alpha value is -0.980. The van der Waals surface area contributed by atoms with E-state index in [1.165, 1.54) is 4.88 Å². The molecule has 1 heterocycles. The van der Waals surface area contributed by atoms with E-state index in [1.54, 1.807) is 18.4 Å². The minimum Gasteiger partial charge on any atom is -0.496 e. The number of methoxy groups -OCH3 is 1. The molecule has 1 atom stereocenters. The van der Waals surface area contributed by atoms with Gasteiger partial charge in [-0.15, -0.1) is 23.2 Å². The van der Waals surface area contributed by atoms with Crippen molar-refractivity contribution in [3.8, 4) is 17.6 Å². The van der Waals surface area contributed by atoms with Gasteiger partial charge in [-0.05, 0) is 37.8 Å². The number of nitrogens with one attached hydrogen (secondary N) is 1. The normalized spacial score (nSPS) is 11.7. The third kappa shape index (κ3) is 4.41. The first-order valence-electron chi connectivity index (χ1n) is 6.07. The van der Waals surface area contributed by atoms with Crippen LogP contribution in [-0.4, -0.2) is 13.7 Å². The van der Waals surface area contributed by atoms with Gasteiger partial charge in [0.05, 0.1) is 12.0 Å². The van der Waals surface area contributed by atoms with Gasteiger partial charge in [0.2, 0.25) is 0 Å². The summed E-state index contributed by atoms with van der Waals surface area (Å²) in [5, 5.41) is 5.65. The molecule has 94 valence electrons. The lowest BCUT2D eigenvalue weighted by atomic mass is 10.1. The molecule has 0 amide bonds. The van der Waals surface area contributed by atoms with Gasteiger partial charge in [-0.25, -0.2) is 0 Å². The first kappa shape index (κ1) is 14.1. The molecule has 0 saturated carbocycles. The lowest BCUT2D eigenvalue weighted by Crippen LogP contribution is -2.21. The number of rotatable bonds is 7. The Morgan fingerprint density at radius 1 is 1.53 bits per heavy atom. The van der Waals surface area contributed by atoms with E-state index >= 15 is 0 Å². The fourth-order valence-corrected chi connectivity index (χ4v) is 2.69. The van der Waals surface area contributed by atoms with Crippen molar-refractivity contribution in [3.05, 3.63) is 16.3 Å². The molecule has 17 heavy (non-hydrogen) atoms. The quantitative estimate of drug-likeness (QED) is 0.748. The summed E-state index contributed by atoms with van der Waals surface area (Å²) in [4.78, 5) is 1.29. The molecular weight excluding hydrogens is 230 g/mol. The molecule has 3 heteroatoms. The first-order chi connectivity index (χ1) is 8.33. The molecular formula is C14H21NOS. The summed E-state index contributed by atoms with van der Waals surface area (Å²) in [7, 11) is 1.73. The smallest absolute Gasteiger partial charge is 0.134 e. The van der Waals surface area contributed by atoms with Gasteiger partial charge in [0, 0.05) is 12.5 Å². The fourth-order valence-electron chi connectivity index (χ4n) is 1.72. The van der Waals surface area contributed by atoms with Crippen molar-refractivity contribution >= 4 is 11.3 Å². The lowest BCUT2D eigenvalue weighted by molar-refractivity contribution is 0.400. The summed E-state index contributed by atoms with van der Waals surface area (Å²) in [5.74, 6) is 7.07. The second-order valence-corrected chi connectivity index (χ2v) is 4.77. The molecule has 0 aliphatic rings. The van der Waals surface area contributed by atoms with Gasteiger partial charge in [-0.1, -0.05) is 6.92 Å². The number of ether oxygens (including phenoxy) is 1. The van der Waals surface area contributed by atoms with Gasteiger partial charge in [0.15, 0.2) is 0 Å². The van der Waals surface area contributed by atoms with Crippen molar-refractivity contribution in [2.45, 2.75) is 39.2 Å². The van der Waals surface area contributed by atoms with E-state index in [2.05, 4.69) is 29.5 Å². The predicted molar refractivity (Wildman–Crippen MR) is 74.6 cm³/mol. The van der Waals surface area contributed by atoms with E-state index in [-0.39, 0.29) is 0 Å². The van der Waals surface area contributed by atoms with Gasteiger partial charge in [0.1, 0.15) is 5.75 Å². The fraction of sp³-hybridized carbons (Fsp3) is 0.571. The van der Waals surface area contributed by atoms with Crippen LogP contribution >= 0.6 is 11.3 Å². The maximum absolute atomic E-state index is 5.39. The molecule has 0 aromatic carbocycles. The number of hydrogen-bond acceptors (Lipinski definition) is 3. The molecule has 2 nitrogen and oxygen atoms in total. The third-order valence-electron chi connectivity index (χ3n) is 2.57. The van der Waals surface area contributed by atoms with Crippen LogP contribution in [0.1, 0.15) is 44.0 Å². The number of thiophene rings is 1. The van der Waals surface area contributed by atoms with Gasteiger partial charge in [0.25, 0.3) is 0 Å². The van der Waals surface area contributed by atoms with E-state index in [0.29, 0.717) is 6.04 Å². The van der Waals surface area contributed by atoms with Gasteiger partial charge in [-0.3, -0.25) is 0 Å². The van der Waals surface area contributed by atoms with Crippen molar-refractivity contribution in [1.82, 2.24) is 5.32 Å². The van der Waals surface area contributed by atoms with Crippen LogP contribution in [0.4, 0.5) is 0 Å². The Bertz CT molecular complexity index is 375. The minimum absolute atomic E-state index is 0.366. The molecule has 0 spiro atoms. The molecule has 1 aromatic rings. The van der Waals surface area contributed by atoms with Crippen molar-refractivity contribution < 1.29 is 4.74 Å². The second-order valence-electron chi connectivity index (χ2n) is 3.83. The Kier molecular flexibility index (Phi) is 6.76. The number of hydrogen-bond donors (Lipinski definition) is 1. The lowest BCUT2D eigenvalue weighted by Gasteiger charge is -2.17. The third-order valence-corrected chi connectivity index (χ3v) is 3.58. The zero-order valence-corrected chi connectivity index (χ0v) is 11.7. The van der Waals surface area contributed by atoms with Gasteiger partial charge >= 0.3 is 0 Å². The standard InChI is InChI=1S/C14H21NOS/c1-4-6-7-8-12(15-10-5-2)14-13(16-3)9-11-17-14/h9,11-12,15H,5,7-8,10H2,1-3H3. The largest absolute Gasteiger partial charge is 0.496 e. The predicted octanol–water partition coefficient (Wildman–Crippen LogP) is 3.60. The van der Waals surface area contributed by atoms with Crippen molar-refractivity contribution in [3.63, 3.8) is 0 Å². The van der Waals surface area contributed by atoms with Gasteiger partial charge in [-0.2, -0.15) is 0 Å².